The number of thioether (sulfide) groups is 1. The van der Waals surface area contributed by atoms with E-state index in [1.54, 1.807) is 0 Å². The summed E-state index contributed by atoms with van der Waals surface area (Å²) < 4.78 is 5.74. The molecule has 6 nitrogen and oxygen atoms in total. The van der Waals surface area contributed by atoms with Gasteiger partial charge in [0.2, 0.25) is 5.91 Å². The third kappa shape index (κ3) is 5.78. The number of hydrogen-bond donors (Lipinski definition) is 2. The van der Waals surface area contributed by atoms with Crippen molar-refractivity contribution >= 4 is 23.6 Å². The van der Waals surface area contributed by atoms with Crippen molar-refractivity contribution in [2.24, 2.45) is 10.9 Å². The van der Waals surface area contributed by atoms with Crippen LogP contribution in [0.25, 0.3) is 0 Å². The molecular formula is C21H38N4O2S. The number of carbonyl (C=O) groups is 1. The second kappa shape index (κ2) is 10.7. The second-order valence-corrected chi connectivity index (χ2v) is 9.72. The molecule has 1 amide bonds. The van der Waals surface area contributed by atoms with Gasteiger partial charge >= 0.3 is 0 Å². The maximum Gasteiger partial charge on any atom is 0.225 e. The first-order chi connectivity index (χ1) is 13.7. The van der Waals surface area contributed by atoms with Crippen LogP contribution in [0.3, 0.4) is 0 Å². The first kappa shape index (κ1) is 21.8. The maximum absolute atomic E-state index is 12.8. The Labute approximate surface area is 174 Å². The van der Waals surface area contributed by atoms with Crippen LogP contribution in [0.15, 0.2) is 4.99 Å². The molecule has 0 radical (unpaired) electrons. The lowest BCUT2D eigenvalue weighted by Gasteiger charge is -2.34. The minimum atomic E-state index is 0.194. The van der Waals surface area contributed by atoms with E-state index in [1.807, 2.05) is 11.8 Å². The minimum absolute atomic E-state index is 0.194. The summed E-state index contributed by atoms with van der Waals surface area (Å²) in [4.78, 5) is 19.8. The number of ether oxygens (including phenoxy) is 1. The Bertz CT molecular complexity index is 530. The zero-order chi connectivity index (χ0) is 19.8. The van der Waals surface area contributed by atoms with Gasteiger partial charge in [0.25, 0.3) is 0 Å². The predicted octanol–water partition coefficient (Wildman–Crippen LogP) is 2.63. The van der Waals surface area contributed by atoms with E-state index in [4.69, 9.17) is 9.73 Å². The summed E-state index contributed by atoms with van der Waals surface area (Å²) in [5.41, 5.74) is 0. The molecule has 2 saturated heterocycles. The van der Waals surface area contributed by atoms with Crippen molar-refractivity contribution in [2.45, 2.75) is 69.1 Å². The van der Waals surface area contributed by atoms with Crippen LogP contribution >= 0.6 is 11.8 Å². The van der Waals surface area contributed by atoms with Gasteiger partial charge in [0.1, 0.15) is 0 Å². The predicted molar refractivity (Wildman–Crippen MR) is 117 cm³/mol. The first-order valence-electron chi connectivity index (χ1n) is 11.1. The van der Waals surface area contributed by atoms with Crippen molar-refractivity contribution in [3.05, 3.63) is 0 Å². The van der Waals surface area contributed by atoms with Gasteiger partial charge in [-0.15, -0.1) is 0 Å². The summed E-state index contributed by atoms with van der Waals surface area (Å²) in [6.07, 6.45) is 11.2. The molecule has 1 saturated carbocycles. The summed E-state index contributed by atoms with van der Waals surface area (Å²) in [5.74, 6) is 1.54. The minimum Gasteiger partial charge on any atom is -0.381 e. The molecule has 0 aromatic carbocycles. The highest BCUT2D eigenvalue weighted by atomic mass is 32.2. The molecule has 7 heteroatoms. The molecule has 2 heterocycles. The van der Waals surface area contributed by atoms with Gasteiger partial charge < -0.3 is 20.3 Å². The van der Waals surface area contributed by atoms with Crippen LogP contribution in [0.1, 0.15) is 58.3 Å². The van der Waals surface area contributed by atoms with E-state index in [2.05, 4.69) is 28.7 Å². The largest absolute Gasteiger partial charge is 0.381 e. The quantitative estimate of drug-likeness (QED) is 0.521. The highest BCUT2D eigenvalue weighted by Gasteiger charge is 2.33. The molecule has 0 aromatic heterocycles. The summed E-state index contributed by atoms with van der Waals surface area (Å²) in [5, 5.41) is 6.98. The summed E-state index contributed by atoms with van der Waals surface area (Å²) >= 11 is 1.92. The highest BCUT2D eigenvalue weighted by Crippen LogP contribution is 2.34. The number of likely N-dealkylation sites (tertiary alicyclic amines) is 1. The summed E-state index contributed by atoms with van der Waals surface area (Å²) in [6, 6.07) is 0.297. The van der Waals surface area contributed by atoms with Crippen molar-refractivity contribution in [2.75, 3.05) is 45.6 Å². The molecule has 0 aromatic rings. The van der Waals surface area contributed by atoms with Crippen molar-refractivity contribution in [3.8, 4) is 0 Å². The molecule has 0 spiro atoms. The van der Waals surface area contributed by atoms with E-state index in [1.165, 1.54) is 19.3 Å². The Morgan fingerprint density at radius 3 is 2.64 bits per heavy atom. The van der Waals surface area contributed by atoms with E-state index in [0.29, 0.717) is 11.9 Å². The third-order valence-electron chi connectivity index (χ3n) is 6.50. The number of rotatable bonds is 6. The van der Waals surface area contributed by atoms with Crippen LogP contribution in [0, 0.1) is 5.92 Å². The number of hydrogen-bond acceptors (Lipinski definition) is 4. The van der Waals surface area contributed by atoms with Gasteiger partial charge in [-0.05, 0) is 45.3 Å². The van der Waals surface area contributed by atoms with Crippen molar-refractivity contribution in [1.29, 1.82) is 0 Å². The number of nitrogens with zero attached hydrogens (tertiary/aromatic N) is 2. The van der Waals surface area contributed by atoms with E-state index >= 15 is 0 Å². The van der Waals surface area contributed by atoms with Crippen molar-refractivity contribution < 1.29 is 9.53 Å². The number of aliphatic imine (C=N–C) groups is 1. The van der Waals surface area contributed by atoms with Gasteiger partial charge in [0.15, 0.2) is 5.96 Å². The normalized spacial score (nSPS) is 26.3. The Balaban J connectivity index is 1.53. The van der Waals surface area contributed by atoms with Crippen molar-refractivity contribution in [3.63, 3.8) is 0 Å². The summed E-state index contributed by atoms with van der Waals surface area (Å²) in [6.45, 7) is 7.11. The third-order valence-corrected chi connectivity index (χ3v) is 7.91. The first-order valence-corrected chi connectivity index (χ1v) is 12.3. The topological polar surface area (TPSA) is 66.0 Å². The number of nitrogens with one attached hydrogen (secondary N) is 2. The zero-order valence-electron chi connectivity index (χ0n) is 17.7. The average Bonchev–Trinajstić information content (AvgIpc) is 3.21. The summed E-state index contributed by atoms with van der Waals surface area (Å²) in [7, 11) is 0. The van der Waals surface area contributed by atoms with Gasteiger partial charge in [-0.2, -0.15) is 11.8 Å². The Hall–Kier alpha value is -0.950. The lowest BCUT2D eigenvalue weighted by Crippen LogP contribution is -2.46. The van der Waals surface area contributed by atoms with E-state index in [-0.39, 0.29) is 10.7 Å². The van der Waals surface area contributed by atoms with E-state index < -0.39 is 0 Å². The van der Waals surface area contributed by atoms with Crippen LogP contribution in [0.2, 0.25) is 0 Å². The van der Waals surface area contributed by atoms with Gasteiger partial charge in [0, 0.05) is 49.6 Å². The molecule has 3 fully saturated rings. The molecule has 1 aliphatic carbocycles. The molecule has 160 valence electrons. The monoisotopic (exact) mass is 410 g/mol. The molecule has 1 atom stereocenters. The lowest BCUT2D eigenvalue weighted by atomic mass is 9.88. The van der Waals surface area contributed by atoms with Crippen LogP contribution in [0.4, 0.5) is 0 Å². The van der Waals surface area contributed by atoms with Crippen LogP contribution in [-0.4, -0.2) is 73.2 Å². The van der Waals surface area contributed by atoms with Crippen LogP contribution in [-0.2, 0) is 9.53 Å². The van der Waals surface area contributed by atoms with Gasteiger partial charge in [-0.1, -0.05) is 19.3 Å². The molecular weight excluding hydrogens is 372 g/mol. The SMILES string of the molecule is CCNC(=NCC1(SC)CCOCC1)NC1CCN(C(=O)C2CCCCC2)C1. The zero-order valence-corrected chi connectivity index (χ0v) is 18.5. The number of amides is 1. The van der Waals surface area contributed by atoms with Gasteiger partial charge in [0.05, 0.1) is 6.54 Å². The van der Waals surface area contributed by atoms with Crippen LogP contribution in [0.5, 0.6) is 0 Å². The molecule has 3 rings (SSSR count). The second-order valence-electron chi connectivity index (χ2n) is 8.44. The Morgan fingerprint density at radius 1 is 1.21 bits per heavy atom. The molecule has 2 N–H and O–H groups in total. The van der Waals surface area contributed by atoms with Crippen LogP contribution < -0.4 is 10.6 Å². The fraction of sp³-hybridized carbons (Fsp3) is 0.905. The molecule has 3 aliphatic rings. The molecule has 2 aliphatic heterocycles. The highest BCUT2D eigenvalue weighted by molar-refractivity contribution is 8.00. The van der Waals surface area contributed by atoms with E-state index in [0.717, 1.165) is 77.5 Å². The number of guanidine groups is 1. The number of carbonyl (C=O) groups excluding carboxylic acids is 1. The average molecular weight is 411 g/mol. The molecule has 0 bridgehead atoms. The molecule has 28 heavy (non-hydrogen) atoms. The fourth-order valence-electron chi connectivity index (χ4n) is 4.59. The van der Waals surface area contributed by atoms with E-state index in [9.17, 15) is 4.79 Å². The maximum atomic E-state index is 12.8. The smallest absolute Gasteiger partial charge is 0.225 e. The fourth-order valence-corrected chi connectivity index (χ4v) is 5.36. The molecule has 1 unspecified atom stereocenters. The lowest BCUT2D eigenvalue weighted by molar-refractivity contribution is -0.135. The van der Waals surface area contributed by atoms with Crippen molar-refractivity contribution in [1.82, 2.24) is 15.5 Å². The van der Waals surface area contributed by atoms with Gasteiger partial charge in [-0.3, -0.25) is 9.79 Å². The standard InChI is InChI=1S/C21H38N4O2S/c1-3-22-20(23-16-21(28-2)10-13-27-14-11-21)24-18-9-12-25(15-18)19(26)17-7-5-4-6-8-17/h17-18H,3-16H2,1-2H3,(H2,22,23,24). The Kier molecular flexibility index (Phi) is 8.33. The Morgan fingerprint density at radius 2 is 1.96 bits per heavy atom. The van der Waals surface area contributed by atoms with Gasteiger partial charge in [-0.25, -0.2) is 0 Å².